The maximum absolute atomic E-state index is 11.4. The summed E-state index contributed by atoms with van der Waals surface area (Å²) in [5.41, 5.74) is 4.74. The molecule has 0 aromatic rings. The lowest BCUT2D eigenvalue weighted by molar-refractivity contribution is -0.144. The van der Waals surface area contributed by atoms with E-state index in [4.69, 9.17) is 15.9 Å². The molecule has 6 nitrogen and oxygen atoms in total. The van der Waals surface area contributed by atoms with Crippen molar-refractivity contribution in [2.24, 2.45) is 5.73 Å². The van der Waals surface area contributed by atoms with Crippen LogP contribution < -0.4 is 11.1 Å². The number of carboxylic acid groups (broad SMARTS) is 1. The SMILES string of the molecule is NC1(C(=O)NC(CO)C(=O)O)CCC1. The average Bonchev–Trinajstić information content (AvgIpc) is 2.09. The van der Waals surface area contributed by atoms with Gasteiger partial charge in [0.05, 0.1) is 12.1 Å². The zero-order valence-corrected chi connectivity index (χ0v) is 7.69. The van der Waals surface area contributed by atoms with Crippen molar-refractivity contribution in [3.8, 4) is 0 Å². The number of rotatable bonds is 4. The standard InChI is InChI=1S/C8H14N2O4/c9-8(2-1-3-8)7(14)10-5(4-11)6(12)13/h5,11H,1-4,9H2,(H,10,14)(H,12,13). The molecule has 0 aromatic carbocycles. The third-order valence-corrected chi connectivity index (χ3v) is 2.48. The third kappa shape index (κ3) is 2.02. The molecule has 0 aromatic heterocycles. The molecule has 0 radical (unpaired) electrons. The van der Waals surface area contributed by atoms with Gasteiger partial charge in [0.1, 0.15) is 6.04 Å². The molecular weight excluding hydrogens is 188 g/mol. The molecule has 80 valence electrons. The summed E-state index contributed by atoms with van der Waals surface area (Å²) in [6.07, 6.45) is 2.01. The van der Waals surface area contributed by atoms with Crippen molar-refractivity contribution < 1.29 is 19.8 Å². The fourth-order valence-electron chi connectivity index (χ4n) is 1.27. The molecule has 1 rings (SSSR count). The summed E-state index contributed by atoms with van der Waals surface area (Å²) < 4.78 is 0. The molecule has 1 saturated carbocycles. The van der Waals surface area contributed by atoms with Crippen molar-refractivity contribution in [2.45, 2.75) is 30.8 Å². The summed E-state index contributed by atoms with van der Waals surface area (Å²) in [5.74, 6) is -1.76. The van der Waals surface area contributed by atoms with Crippen LogP contribution in [0.1, 0.15) is 19.3 Å². The minimum Gasteiger partial charge on any atom is -0.480 e. The van der Waals surface area contributed by atoms with Gasteiger partial charge in [0.15, 0.2) is 0 Å². The van der Waals surface area contributed by atoms with Crippen LogP contribution in [-0.2, 0) is 9.59 Å². The van der Waals surface area contributed by atoms with Gasteiger partial charge in [-0.15, -0.1) is 0 Å². The summed E-state index contributed by atoms with van der Waals surface area (Å²) in [6, 6.07) is -1.26. The van der Waals surface area contributed by atoms with Gasteiger partial charge in [-0.05, 0) is 19.3 Å². The first kappa shape index (κ1) is 10.9. The number of nitrogens with one attached hydrogen (secondary N) is 1. The Kier molecular flexibility index (Phi) is 3.07. The van der Waals surface area contributed by atoms with E-state index in [2.05, 4.69) is 5.32 Å². The van der Waals surface area contributed by atoms with Gasteiger partial charge in [-0.2, -0.15) is 0 Å². The van der Waals surface area contributed by atoms with Gasteiger partial charge in [-0.1, -0.05) is 0 Å². The van der Waals surface area contributed by atoms with Crippen LogP contribution in [0.4, 0.5) is 0 Å². The van der Waals surface area contributed by atoms with Gasteiger partial charge in [-0.3, -0.25) is 4.79 Å². The highest BCUT2D eigenvalue weighted by molar-refractivity contribution is 5.90. The summed E-state index contributed by atoms with van der Waals surface area (Å²) in [4.78, 5) is 21.9. The second-order valence-electron chi connectivity index (χ2n) is 3.56. The van der Waals surface area contributed by atoms with E-state index in [0.717, 1.165) is 6.42 Å². The first-order valence-corrected chi connectivity index (χ1v) is 4.43. The number of carbonyl (C=O) groups is 2. The maximum atomic E-state index is 11.4. The van der Waals surface area contributed by atoms with Gasteiger partial charge < -0.3 is 21.3 Å². The normalized spacial score (nSPS) is 20.7. The molecule has 1 atom stereocenters. The fraction of sp³-hybridized carbons (Fsp3) is 0.750. The number of aliphatic hydroxyl groups excluding tert-OH is 1. The summed E-state index contributed by atoms with van der Waals surface area (Å²) in [6.45, 7) is -0.628. The second-order valence-corrected chi connectivity index (χ2v) is 3.56. The maximum Gasteiger partial charge on any atom is 0.328 e. The van der Waals surface area contributed by atoms with Crippen molar-refractivity contribution in [2.75, 3.05) is 6.61 Å². The lowest BCUT2D eigenvalue weighted by atomic mass is 9.77. The molecule has 14 heavy (non-hydrogen) atoms. The lowest BCUT2D eigenvalue weighted by Crippen LogP contribution is -2.61. The number of carboxylic acids is 1. The number of nitrogens with two attached hydrogens (primary N) is 1. The Labute approximate surface area is 81.1 Å². The molecule has 0 bridgehead atoms. The predicted octanol–water partition coefficient (Wildman–Crippen LogP) is -1.57. The van der Waals surface area contributed by atoms with Crippen molar-refractivity contribution in [3.05, 3.63) is 0 Å². The van der Waals surface area contributed by atoms with Crippen LogP contribution in [0, 0.1) is 0 Å². The van der Waals surface area contributed by atoms with E-state index in [1.165, 1.54) is 0 Å². The number of amides is 1. The van der Waals surface area contributed by atoms with Gasteiger partial charge in [0.2, 0.25) is 5.91 Å². The monoisotopic (exact) mass is 202 g/mol. The number of carbonyl (C=O) groups excluding carboxylic acids is 1. The van der Waals surface area contributed by atoms with Crippen molar-refractivity contribution in [3.63, 3.8) is 0 Å². The van der Waals surface area contributed by atoms with E-state index >= 15 is 0 Å². The first-order valence-electron chi connectivity index (χ1n) is 4.43. The number of aliphatic carboxylic acids is 1. The van der Waals surface area contributed by atoms with Gasteiger partial charge in [0.25, 0.3) is 0 Å². The molecule has 1 fully saturated rings. The minimum absolute atomic E-state index is 0.495. The second kappa shape index (κ2) is 3.93. The van der Waals surface area contributed by atoms with E-state index in [9.17, 15) is 9.59 Å². The highest BCUT2D eigenvalue weighted by Crippen LogP contribution is 2.29. The van der Waals surface area contributed by atoms with Crippen LogP contribution in [0.25, 0.3) is 0 Å². The molecule has 1 aliphatic carbocycles. The zero-order valence-electron chi connectivity index (χ0n) is 7.69. The Morgan fingerprint density at radius 1 is 1.50 bits per heavy atom. The minimum atomic E-state index is -1.26. The lowest BCUT2D eigenvalue weighted by Gasteiger charge is -2.36. The molecule has 5 N–H and O–H groups in total. The Morgan fingerprint density at radius 2 is 2.07 bits per heavy atom. The van der Waals surface area contributed by atoms with E-state index < -0.39 is 30.1 Å². The van der Waals surface area contributed by atoms with E-state index in [1.807, 2.05) is 0 Å². The highest BCUT2D eigenvalue weighted by Gasteiger charge is 2.41. The van der Waals surface area contributed by atoms with Gasteiger partial charge >= 0.3 is 5.97 Å². The Hall–Kier alpha value is -1.14. The zero-order chi connectivity index (χ0) is 10.8. The van der Waals surface area contributed by atoms with Crippen molar-refractivity contribution in [1.29, 1.82) is 0 Å². The first-order chi connectivity index (χ1) is 6.49. The molecule has 0 heterocycles. The van der Waals surface area contributed by atoms with Crippen LogP contribution in [0.3, 0.4) is 0 Å². The Bertz CT molecular complexity index is 250. The van der Waals surface area contributed by atoms with E-state index in [0.29, 0.717) is 12.8 Å². The molecule has 1 amide bonds. The summed E-state index contributed by atoms with van der Waals surface area (Å²) in [7, 11) is 0. The summed E-state index contributed by atoms with van der Waals surface area (Å²) in [5, 5.41) is 19.4. The molecule has 0 spiro atoms. The van der Waals surface area contributed by atoms with Crippen LogP contribution in [0.5, 0.6) is 0 Å². The molecular formula is C8H14N2O4. The van der Waals surface area contributed by atoms with Crippen molar-refractivity contribution >= 4 is 11.9 Å². The summed E-state index contributed by atoms with van der Waals surface area (Å²) >= 11 is 0. The van der Waals surface area contributed by atoms with E-state index in [1.54, 1.807) is 0 Å². The predicted molar refractivity (Wildman–Crippen MR) is 47.4 cm³/mol. The van der Waals surface area contributed by atoms with Gasteiger partial charge in [-0.25, -0.2) is 4.79 Å². The van der Waals surface area contributed by atoms with Gasteiger partial charge in [0, 0.05) is 0 Å². The highest BCUT2D eigenvalue weighted by atomic mass is 16.4. The molecule has 1 aliphatic rings. The van der Waals surface area contributed by atoms with Crippen LogP contribution in [0.2, 0.25) is 0 Å². The smallest absolute Gasteiger partial charge is 0.328 e. The third-order valence-electron chi connectivity index (χ3n) is 2.48. The fourth-order valence-corrected chi connectivity index (χ4v) is 1.27. The average molecular weight is 202 g/mol. The van der Waals surface area contributed by atoms with Crippen LogP contribution in [0.15, 0.2) is 0 Å². The molecule has 0 saturated heterocycles. The molecule has 0 aliphatic heterocycles. The Morgan fingerprint density at radius 3 is 2.36 bits per heavy atom. The quantitative estimate of drug-likeness (QED) is 0.440. The largest absolute Gasteiger partial charge is 0.480 e. The number of hydrogen-bond donors (Lipinski definition) is 4. The molecule has 6 heteroatoms. The number of aliphatic hydroxyl groups is 1. The Balaban J connectivity index is 2.50. The van der Waals surface area contributed by atoms with Crippen LogP contribution >= 0.6 is 0 Å². The van der Waals surface area contributed by atoms with Crippen molar-refractivity contribution in [1.82, 2.24) is 5.32 Å². The van der Waals surface area contributed by atoms with E-state index in [-0.39, 0.29) is 0 Å². The molecule has 1 unspecified atom stereocenters. The topological polar surface area (TPSA) is 113 Å². The van der Waals surface area contributed by atoms with Crippen LogP contribution in [-0.4, -0.2) is 40.3 Å². The number of hydrogen-bond acceptors (Lipinski definition) is 4.